The molecule has 1 aliphatic carbocycles. The SMILES string of the molecule is Fc1cccc(CCc2cc3ccc4c(c3s2)-c2ccc3ccsc3c2-4)c1. The first-order valence-corrected chi connectivity index (χ1v) is 10.8. The number of hydrogen-bond acceptors (Lipinski definition) is 2. The number of hydrogen-bond donors (Lipinski definition) is 0. The Balaban J connectivity index is 1.39. The van der Waals surface area contributed by atoms with E-state index in [1.54, 1.807) is 12.1 Å². The molecular weight excluding hydrogens is 371 g/mol. The molecule has 0 unspecified atom stereocenters. The van der Waals surface area contributed by atoms with E-state index >= 15 is 0 Å². The second-order valence-corrected chi connectivity index (χ2v) is 9.13. The molecule has 0 amide bonds. The van der Waals surface area contributed by atoms with Gasteiger partial charge in [0.2, 0.25) is 0 Å². The van der Waals surface area contributed by atoms with Crippen LogP contribution in [0.25, 0.3) is 42.4 Å². The average molecular weight is 387 g/mol. The molecule has 0 saturated heterocycles. The summed E-state index contributed by atoms with van der Waals surface area (Å²) in [5.41, 5.74) is 6.69. The van der Waals surface area contributed by atoms with Gasteiger partial charge in [0.25, 0.3) is 0 Å². The summed E-state index contributed by atoms with van der Waals surface area (Å²) in [6.07, 6.45) is 1.83. The van der Waals surface area contributed by atoms with Gasteiger partial charge in [0, 0.05) is 25.4 Å². The number of halogens is 1. The minimum Gasteiger partial charge on any atom is -0.207 e. The van der Waals surface area contributed by atoms with E-state index in [1.807, 2.05) is 28.7 Å². The van der Waals surface area contributed by atoms with Crippen molar-refractivity contribution in [2.45, 2.75) is 12.8 Å². The third kappa shape index (κ3) is 2.32. The largest absolute Gasteiger partial charge is 0.207 e. The van der Waals surface area contributed by atoms with Crippen molar-refractivity contribution in [2.75, 3.05) is 0 Å². The van der Waals surface area contributed by atoms with Gasteiger partial charge < -0.3 is 0 Å². The van der Waals surface area contributed by atoms with Crippen LogP contribution in [0.15, 0.2) is 66.0 Å². The van der Waals surface area contributed by atoms with Gasteiger partial charge >= 0.3 is 0 Å². The first-order valence-electron chi connectivity index (χ1n) is 9.09. The molecule has 0 N–H and O–H groups in total. The molecule has 3 aromatic carbocycles. The van der Waals surface area contributed by atoms with Gasteiger partial charge in [0.1, 0.15) is 5.82 Å². The Labute approximate surface area is 164 Å². The Bertz CT molecular complexity index is 1340. The van der Waals surface area contributed by atoms with E-state index in [0.717, 1.165) is 18.4 Å². The van der Waals surface area contributed by atoms with Gasteiger partial charge in [-0.25, -0.2) is 4.39 Å². The molecule has 0 nitrogen and oxygen atoms in total. The Kier molecular flexibility index (Phi) is 3.31. The lowest BCUT2D eigenvalue weighted by Crippen LogP contribution is -1.98. The van der Waals surface area contributed by atoms with Crippen LogP contribution >= 0.6 is 22.7 Å². The topological polar surface area (TPSA) is 0 Å². The van der Waals surface area contributed by atoms with Crippen molar-refractivity contribution in [3.8, 4) is 22.3 Å². The summed E-state index contributed by atoms with van der Waals surface area (Å²) < 4.78 is 16.2. The van der Waals surface area contributed by atoms with Crippen molar-refractivity contribution in [3.63, 3.8) is 0 Å². The molecule has 2 aromatic heterocycles. The predicted molar refractivity (Wildman–Crippen MR) is 115 cm³/mol. The molecule has 0 radical (unpaired) electrons. The van der Waals surface area contributed by atoms with Crippen LogP contribution in [0.5, 0.6) is 0 Å². The number of benzene rings is 3. The van der Waals surface area contributed by atoms with Crippen molar-refractivity contribution in [1.82, 2.24) is 0 Å². The van der Waals surface area contributed by atoms with E-state index in [1.165, 1.54) is 53.4 Å². The van der Waals surface area contributed by atoms with E-state index in [-0.39, 0.29) is 5.82 Å². The summed E-state index contributed by atoms with van der Waals surface area (Å²) in [4.78, 5) is 1.37. The van der Waals surface area contributed by atoms with E-state index in [0.29, 0.717) is 0 Å². The average Bonchev–Trinajstić information content (AvgIpc) is 3.28. The number of aryl methyl sites for hydroxylation is 2. The summed E-state index contributed by atoms with van der Waals surface area (Å²) in [7, 11) is 0. The summed E-state index contributed by atoms with van der Waals surface area (Å²) >= 11 is 3.73. The van der Waals surface area contributed by atoms with Crippen LogP contribution in [-0.4, -0.2) is 0 Å². The highest BCUT2D eigenvalue weighted by Gasteiger charge is 2.28. The van der Waals surface area contributed by atoms with Crippen molar-refractivity contribution in [2.24, 2.45) is 0 Å². The maximum absolute atomic E-state index is 13.4. The molecule has 0 fully saturated rings. The van der Waals surface area contributed by atoms with E-state index < -0.39 is 0 Å². The molecule has 6 rings (SSSR count). The lowest BCUT2D eigenvalue weighted by molar-refractivity contribution is 0.625. The lowest BCUT2D eigenvalue weighted by Gasteiger charge is -2.25. The standard InChI is InChI=1S/C24H15FS2/c25-17-3-1-2-14(12-17)4-7-18-13-16-6-9-20-21-19(22(20)24(16)27-18)8-5-15-10-11-26-23(15)21/h1-3,5-6,8-13H,4,7H2. The van der Waals surface area contributed by atoms with Gasteiger partial charge in [-0.15, -0.1) is 22.7 Å². The maximum atomic E-state index is 13.4. The van der Waals surface area contributed by atoms with Crippen molar-refractivity contribution in [1.29, 1.82) is 0 Å². The minimum atomic E-state index is -0.151. The zero-order valence-electron chi connectivity index (χ0n) is 14.5. The van der Waals surface area contributed by atoms with Gasteiger partial charge in [-0.05, 0) is 69.9 Å². The fourth-order valence-electron chi connectivity index (χ4n) is 4.16. The monoisotopic (exact) mass is 386 g/mol. The van der Waals surface area contributed by atoms with Crippen LogP contribution in [0, 0.1) is 5.82 Å². The molecule has 130 valence electrons. The molecule has 27 heavy (non-hydrogen) atoms. The summed E-state index contributed by atoms with van der Waals surface area (Å²) in [5.74, 6) is -0.151. The molecule has 0 saturated carbocycles. The molecule has 2 heterocycles. The van der Waals surface area contributed by atoms with Crippen molar-refractivity contribution < 1.29 is 4.39 Å². The first kappa shape index (κ1) is 15.6. The van der Waals surface area contributed by atoms with Crippen LogP contribution in [0.2, 0.25) is 0 Å². The van der Waals surface area contributed by atoms with E-state index in [4.69, 9.17) is 0 Å². The maximum Gasteiger partial charge on any atom is 0.123 e. The molecule has 3 heteroatoms. The highest BCUT2D eigenvalue weighted by atomic mass is 32.1. The highest BCUT2D eigenvalue weighted by molar-refractivity contribution is 7.20. The van der Waals surface area contributed by atoms with Gasteiger partial charge in [-0.2, -0.15) is 0 Å². The smallest absolute Gasteiger partial charge is 0.123 e. The van der Waals surface area contributed by atoms with Gasteiger partial charge in [-0.1, -0.05) is 36.4 Å². The molecule has 0 aliphatic heterocycles. The lowest BCUT2D eigenvalue weighted by atomic mass is 9.79. The summed E-state index contributed by atoms with van der Waals surface area (Å²) in [6.45, 7) is 0. The predicted octanol–water partition coefficient (Wildman–Crippen LogP) is 7.69. The Hall–Kier alpha value is -2.49. The normalized spacial score (nSPS) is 12.2. The highest BCUT2D eigenvalue weighted by Crippen LogP contribution is 2.55. The van der Waals surface area contributed by atoms with Gasteiger partial charge in [0.15, 0.2) is 0 Å². The second kappa shape index (κ2) is 5.75. The van der Waals surface area contributed by atoms with E-state index in [2.05, 4.69) is 41.8 Å². The zero-order valence-corrected chi connectivity index (χ0v) is 16.1. The fraction of sp³-hybridized carbons (Fsp3) is 0.0833. The molecule has 1 aliphatic rings. The first-order chi connectivity index (χ1) is 13.3. The minimum absolute atomic E-state index is 0.151. The molecular formula is C24H15FS2. The van der Waals surface area contributed by atoms with Crippen molar-refractivity contribution >= 4 is 42.8 Å². The molecule has 5 aromatic rings. The Morgan fingerprint density at radius 3 is 2.41 bits per heavy atom. The third-order valence-corrected chi connectivity index (χ3v) is 7.62. The Morgan fingerprint density at radius 2 is 1.56 bits per heavy atom. The molecule has 0 spiro atoms. The third-order valence-electron chi connectivity index (χ3n) is 5.45. The van der Waals surface area contributed by atoms with Crippen LogP contribution in [0.3, 0.4) is 0 Å². The molecule has 0 atom stereocenters. The van der Waals surface area contributed by atoms with Gasteiger partial charge in [0.05, 0.1) is 0 Å². The zero-order chi connectivity index (χ0) is 18.0. The van der Waals surface area contributed by atoms with Crippen molar-refractivity contribution in [3.05, 3.63) is 82.3 Å². The Morgan fingerprint density at radius 1 is 0.741 bits per heavy atom. The summed E-state index contributed by atoms with van der Waals surface area (Å²) in [6, 6.07) is 20.5. The van der Waals surface area contributed by atoms with Crippen LogP contribution in [-0.2, 0) is 12.8 Å². The van der Waals surface area contributed by atoms with Crippen LogP contribution in [0.4, 0.5) is 4.39 Å². The van der Waals surface area contributed by atoms with Crippen LogP contribution < -0.4 is 0 Å². The van der Waals surface area contributed by atoms with Crippen LogP contribution in [0.1, 0.15) is 10.4 Å². The quantitative estimate of drug-likeness (QED) is 0.292. The number of rotatable bonds is 3. The number of thiophene rings is 2. The summed E-state index contributed by atoms with van der Waals surface area (Å²) in [5, 5.41) is 4.84. The van der Waals surface area contributed by atoms with E-state index in [9.17, 15) is 4.39 Å². The van der Waals surface area contributed by atoms with Gasteiger partial charge in [-0.3, -0.25) is 0 Å². The number of fused-ring (bicyclic) bond motifs is 8. The fourth-order valence-corrected chi connectivity index (χ4v) is 6.34. The molecule has 0 bridgehead atoms. The second-order valence-electron chi connectivity index (χ2n) is 7.08.